The highest BCUT2D eigenvalue weighted by Crippen LogP contribution is 2.29. The predicted molar refractivity (Wildman–Crippen MR) is 60.8 cm³/mol. The molecule has 0 unspecified atom stereocenters. The van der Waals surface area contributed by atoms with Crippen LogP contribution >= 0.6 is 0 Å². The van der Waals surface area contributed by atoms with E-state index in [0.717, 1.165) is 28.9 Å². The molecule has 0 fully saturated rings. The van der Waals surface area contributed by atoms with Gasteiger partial charge in [0.25, 0.3) is 0 Å². The molecule has 0 aliphatic carbocycles. The second-order valence-corrected chi connectivity index (χ2v) is 3.71. The first-order chi connectivity index (χ1) is 7.63. The summed E-state index contributed by atoms with van der Waals surface area (Å²) >= 11 is 0. The highest BCUT2D eigenvalue weighted by Gasteiger charge is 2.16. The maximum atomic E-state index is 5.74. The quantitative estimate of drug-likeness (QED) is 0.832. The van der Waals surface area contributed by atoms with Crippen LogP contribution in [0.25, 0.3) is 11.3 Å². The third-order valence-corrected chi connectivity index (χ3v) is 2.52. The van der Waals surface area contributed by atoms with Gasteiger partial charge in [-0.15, -0.1) is 0 Å². The molecule has 0 amide bonds. The van der Waals surface area contributed by atoms with Gasteiger partial charge in [0.05, 0.1) is 11.4 Å². The second-order valence-electron chi connectivity index (χ2n) is 3.71. The number of anilines is 1. The Morgan fingerprint density at radius 3 is 2.75 bits per heavy atom. The van der Waals surface area contributed by atoms with E-state index in [-0.39, 0.29) is 0 Å². The molecule has 0 aliphatic heterocycles. The molecule has 0 saturated heterocycles. The van der Waals surface area contributed by atoms with Gasteiger partial charge in [-0.05, 0) is 26.3 Å². The Kier molecular flexibility index (Phi) is 2.60. The van der Waals surface area contributed by atoms with Crippen molar-refractivity contribution in [3.05, 3.63) is 23.0 Å². The molecule has 2 rings (SSSR count). The highest BCUT2D eigenvalue weighted by atomic mass is 16.5. The minimum absolute atomic E-state index is 0.450. The van der Waals surface area contributed by atoms with Gasteiger partial charge in [0.15, 0.2) is 11.6 Å². The third-order valence-electron chi connectivity index (χ3n) is 2.52. The van der Waals surface area contributed by atoms with Crippen molar-refractivity contribution in [1.82, 2.24) is 15.4 Å². The zero-order chi connectivity index (χ0) is 11.7. The molecule has 0 bridgehead atoms. The Morgan fingerprint density at radius 2 is 2.06 bits per heavy atom. The topological polar surface area (TPSA) is 77.8 Å². The number of hydrogen-bond acceptors (Lipinski definition) is 5. The van der Waals surface area contributed by atoms with Crippen molar-refractivity contribution in [1.29, 1.82) is 0 Å². The van der Waals surface area contributed by atoms with Gasteiger partial charge in [0, 0.05) is 11.1 Å². The molecular formula is C11H14N4O. The van der Waals surface area contributed by atoms with Gasteiger partial charge in [-0.2, -0.15) is 10.2 Å². The number of nitrogens with zero attached hydrogens (tertiary/aromatic N) is 3. The van der Waals surface area contributed by atoms with Gasteiger partial charge < -0.3 is 10.3 Å². The van der Waals surface area contributed by atoms with Gasteiger partial charge in [-0.1, -0.05) is 12.1 Å². The Labute approximate surface area is 93.7 Å². The third kappa shape index (κ3) is 1.64. The van der Waals surface area contributed by atoms with Crippen LogP contribution in [0.5, 0.6) is 0 Å². The van der Waals surface area contributed by atoms with Crippen LogP contribution in [0.4, 0.5) is 5.82 Å². The molecule has 5 nitrogen and oxygen atoms in total. The summed E-state index contributed by atoms with van der Waals surface area (Å²) in [5.41, 5.74) is 9.23. The van der Waals surface area contributed by atoms with Crippen molar-refractivity contribution < 1.29 is 4.52 Å². The minimum atomic E-state index is 0.450. The van der Waals surface area contributed by atoms with E-state index < -0.39 is 0 Å². The van der Waals surface area contributed by atoms with Crippen LogP contribution in [0.3, 0.4) is 0 Å². The summed E-state index contributed by atoms with van der Waals surface area (Å²) < 4.78 is 5.27. The van der Waals surface area contributed by atoms with Gasteiger partial charge in [-0.25, -0.2) is 0 Å². The van der Waals surface area contributed by atoms with Gasteiger partial charge in [-0.3, -0.25) is 0 Å². The van der Waals surface area contributed by atoms with Crippen molar-refractivity contribution in [3.63, 3.8) is 0 Å². The lowest BCUT2D eigenvalue weighted by molar-refractivity contribution is 0.434. The van der Waals surface area contributed by atoms with Crippen LogP contribution in [0.2, 0.25) is 0 Å². The molecule has 0 saturated carbocycles. The molecule has 2 heterocycles. The Balaban J connectivity index is 2.62. The summed E-state index contributed by atoms with van der Waals surface area (Å²) in [4.78, 5) is 0. The van der Waals surface area contributed by atoms with Crippen LogP contribution in [0.15, 0.2) is 10.6 Å². The monoisotopic (exact) mass is 218 g/mol. The molecule has 2 N–H and O–H groups in total. The number of nitrogens with two attached hydrogens (primary N) is 1. The van der Waals surface area contributed by atoms with Crippen LogP contribution in [-0.4, -0.2) is 15.4 Å². The fourth-order valence-corrected chi connectivity index (χ4v) is 1.65. The van der Waals surface area contributed by atoms with Crippen LogP contribution in [0, 0.1) is 13.8 Å². The molecule has 16 heavy (non-hydrogen) atoms. The number of hydrogen-bond donors (Lipinski definition) is 1. The average Bonchev–Trinajstić information content (AvgIpc) is 2.63. The van der Waals surface area contributed by atoms with Crippen molar-refractivity contribution in [3.8, 4) is 11.3 Å². The molecule has 5 heteroatoms. The van der Waals surface area contributed by atoms with Crippen molar-refractivity contribution in [2.75, 3.05) is 5.73 Å². The smallest absolute Gasteiger partial charge is 0.174 e. The van der Waals surface area contributed by atoms with E-state index in [4.69, 9.17) is 10.3 Å². The molecule has 2 aromatic rings. The lowest BCUT2D eigenvalue weighted by Crippen LogP contribution is -1.96. The molecule has 0 atom stereocenters. The number of rotatable bonds is 2. The first-order valence-corrected chi connectivity index (χ1v) is 5.18. The Hall–Kier alpha value is -1.91. The second kappa shape index (κ2) is 3.92. The van der Waals surface area contributed by atoms with Crippen molar-refractivity contribution in [2.45, 2.75) is 27.2 Å². The predicted octanol–water partition coefficient (Wildman–Crippen LogP) is 1.89. The Bertz CT molecular complexity index is 519. The van der Waals surface area contributed by atoms with Crippen LogP contribution in [-0.2, 0) is 6.42 Å². The average molecular weight is 218 g/mol. The Morgan fingerprint density at radius 1 is 1.31 bits per heavy atom. The largest absolute Gasteiger partial charge is 0.381 e. The summed E-state index contributed by atoms with van der Waals surface area (Å²) in [6.45, 7) is 5.80. The lowest BCUT2D eigenvalue weighted by Gasteiger charge is -2.03. The summed E-state index contributed by atoms with van der Waals surface area (Å²) in [7, 11) is 0. The molecule has 0 aliphatic rings. The van der Waals surface area contributed by atoms with Crippen LogP contribution < -0.4 is 5.73 Å². The van der Waals surface area contributed by atoms with E-state index in [1.54, 1.807) is 0 Å². The van der Waals surface area contributed by atoms with E-state index in [0.29, 0.717) is 11.6 Å². The van der Waals surface area contributed by atoms with E-state index in [9.17, 15) is 0 Å². The fourth-order valence-electron chi connectivity index (χ4n) is 1.65. The SMILES string of the molecule is CCc1c(N)noc1-c1cc(C)nnc1C. The summed E-state index contributed by atoms with van der Waals surface area (Å²) in [6.07, 6.45) is 0.783. The first kappa shape index (κ1) is 10.6. The van der Waals surface area contributed by atoms with Gasteiger partial charge >= 0.3 is 0 Å². The standard InChI is InChI=1S/C11H14N4O/c1-4-8-10(16-15-11(8)12)9-5-6(2)13-14-7(9)3/h5H,4H2,1-3H3,(H2,12,15). The highest BCUT2D eigenvalue weighted by molar-refractivity contribution is 5.67. The van der Waals surface area contributed by atoms with E-state index >= 15 is 0 Å². The molecule has 0 aromatic carbocycles. The maximum Gasteiger partial charge on any atom is 0.174 e. The van der Waals surface area contributed by atoms with Crippen molar-refractivity contribution in [2.24, 2.45) is 0 Å². The molecular weight excluding hydrogens is 204 g/mol. The van der Waals surface area contributed by atoms with Gasteiger partial charge in [0.1, 0.15) is 0 Å². The zero-order valence-corrected chi connectivity index (χ0v) is 9.61. The first-order valence-electron chi connectivity index (χ1n) is 5.18. The molecule has 0 radical (unpaired) electrons. The normalized spacial score (nSPS) is 10.7. The molecule has 2 aromatic heterocycles. The summed E-state index contributed by atoms with van der Waals surface area (Å²) in [6, 6.07) is 1.93. The number of aryl methyl sites for hydroxylation is 2. The number of nitrogen functional groups attached to an aromatic ring is 1. The maximum absolute atomic E-state index is 5.74. The van der Waals surface area contributed by atoms with E-state index in [2.05, 4.69) is 15.4 Å². The lowest BCUT2D eigenvalue weighted by atomic mass is 10.1. The van der Waals surface area contributed by atoms with Gasteiger partial charge in [0.2, 0.25) is 0 Å². The zero-order valence-electron chi connectivity index (χ0n) is 9.61. The minimum Gasteiger partial charge on any atom is -0.381 e. The van der Waals surface area contributed by atoms with Crippen LogP contribution in [0.1, 0.15) is 23.9 Å². The summed E-state index contributed by atoms with van der Waals surface area (Å²) in [5.74, 6) is 1.15. The molecule has 84 valence electrons. The van der Waals surface area contributed by atoms with Crippen molar-refractivity contribution >= 4 is 5.82 Å². The molecule has 0 spiro atoms. The fraction of sp³-hybridized carbons (Fsp3) is 0.364. The van der Waals surface area contributed by atoms with E-state index in [1.807, 2.05) is 26.8 Å². The summed E-state index contributed by atoms with van der Waals surface area (Å²) in [5, 5.41) is 11.8. The van der Waals surface area contributed by atoms with E-state index in [1.165, 1.54) is 0 Å². The number of aromatic nitrogens is 3.